The number of carbonyl (C=O) groups is 1. The molecule has 0 fully saturated rings. The predicted octanol–water partition coefficient (Wildman–Crippen LogP) is 4.84. The minimum absolute atomic E-state index is 0.140. The Hall–Kier alpha value is -1.65. The lowest BCUT2D eigenvalue weighted by Gasteiger charge is -2.02. The first kappa shape index (κ1) is 14.8. The van der Waals surface area contributed by atoms with Crippen LogP contribution in [-0.2, 0) is 0 Å². The van der Waals surface area contributed by atoms with Crippen LogP contribution in [0.5, 0.6) is 5.75 Å². The minimum atomic E-state index is -0.514. The van der Waals surface area contributed by atoms with Gasteiger partial charge in [0, 0.05) is 10.6 Å². The van der Waals surface area contributed by atoms with Crippen LogP contribution in [0.2, 0.25) is 5.02 Å². The van der Waals surface area contributed by atoms with E-state index in [1.807, 2.05) is 0 Å². The van der Waals surface area contributed by atoms with Crippen molar-refractivity contribution in [2.75, 3.05) is 0 Å². The number of phenolic OH excluding ortho intramolecular Hbond substituents is 1. The van der Waals surface area contributed by atoms with Crippen molar-refractivity contribution in [1.82, 2.24) is 0 Å². The number of rotatable bonds is 3. The molecular formula is C15H9BrClFO2. The molecule has 0 atom stereocenters. The van der Waals surface area contributed by atoms with E-state index in [9.17, 15) is 14.3 Å². The molecule has 5 heteroatoms. The van der Waals surface area contributed by atoms with Crippen molar-refractivity contribution >= 4 is 39.4 Å². The molecule has 2 aromatic carbocycles. The average molecular weight is 356 g/mol. The molecule has 1 N–H and O–H groups in total. The van der Waals surface area contributed by atoms with Gasteiger partial charge in [0.05, 0.1) is 10.0 Å². The highest BCUT2D eigenvalue weighted by molar-refractivity contribution is 9.10. The van der Waals surface area contributed by atoms with E-state index < -0.39 is 11.6 Å². The monoisotopic (exact) mass is 354 g/mol. The van der Waals surface area contributed by atoms with Gasteiger partial charge < -0.3 is 5.11 Å². The van der Waals surface area contributed by atoms with Gasteiger partial charge in [-0.15, -0.1) is 0 Å². The summed E-state index contributed by atoms with van der Waals surface area (Å²) in [6.07, 6.45) is 2.54. The lowest BCUT2D eigenvalue weighted by atomic mass is 10.1. The fourth-order valence-corrected chi connectivity index (χ4v) is 2.13. The fraction of sp³-hybridized carbons (Fsp3) is 0. The van der Waals surface area contributed by atoms with Gasteiger partial charge >= 0.3 is 0 Å². The average Bonchev–Trinajstić information content (AvgIpc) is 2.40. The van der Waals surface area contributed by atoms with E-state index in [-0.39, 0.29) is 21.9 Å². The van der Waals surface area contributed by atoms with Crippen molar-refractivity contribution in [3.8, 4) is 5.75 Å². The third kappa shape index (κ3) is 3.26. The minimum Gasteiger partial charge on any atom is -0.506 e. The van der Waals surface area contributed by atoms with Crippen LogP contribution in [0.25, 0.3) is 6.08 Å². The topological polar surface area (TPSA) is 37.3 Å². The van der Waals surface area contributed by atoms with E-state index in [1.54, 1.807) is 12.1 Å². The Morgan fingerprint density at radius 2 is 2.05 bits per heavy atom. The number of benzene rings is 2. The van der Waals surface area contributed by atoms with Gasteiger partial charge in [-0.25, -0.2) is 4.39 Å². The van der Waals surface area contributed by atoms with Crippen LogP contribution in [0.1, 0.15) is 15.9 Å². The standard InChI is InChI=1S/C15H9BrClFO2/c16-12-3-1-2-11(15(12)20)14(19)7-5-9-4-6-10(17)8-13(9)18/h1-8,20H/b7-5+. The number of aromatic hydroxyl groups is 1. The van der Waals surface area contributed by atoms with E-state index in [0.717, 1.165) is 0 Å². The highest BCUT2D eigenvalue weighted by atomic mass is 79.9. The third-order valence-corrected chi connectivity index (χ3v) is 3.50. The number of halogens is 3. The molecule has 0 unspecified atom stereocenters. The molecule has 0 aliphatic rings. The van der Waals surface area contributed by atoms with Crippen molar-refractivity contribution in [2.24, 2.45) is 0 Å². The van der Waals surface area contributed by atoms with Crippen LogP contribution in [0.3, 0.4) is 0 Å². The van der Waals surface area contributed by atoms with E-state index in [4.69, 9.17) is 11.6 Å². The highest BCUT2D eigenvalue weighted by Gasteiger charge is 2.10. The van der Waals surface area contributed by atoms with Gasteiger partial charge in [0.1, 0.15) is 11.6 Å². The van der Waals surface area contributed by atoms with Crippen molar-refractivity contribution in [1.29, 1.82) is 0 Å². The molecule has 2 aromatic rings. The molecule has 0 spiro atoms. The van der Waals surface area contributed by atoms with Crippen molar-refractivity contribution in [3.63, 3.8) is 0 Å². The molecule has 0 amide bonds. The zero-order valence-corrected chi connectivity index (χ0v) is 12.5. The van der Waals surface area contributed by atoms with E-state index >= 15 is 0 Å². The van der Waals surface area contributed by atoms with Gasteiger partial charge in [0.2, 0.25) is 0 Å². The molecule has 102 valence electrons. The maximum Gasteiger partial charge on any atom is 0.189 e. The number of hydrogen-bond donors (Lipinski definition) is 1. The largest absolute Gasteiger partial charge is 0.506 e. The molecule has 0 aromatic heterocycles. The van der Waals surface area contributed by atoms with Gasteiger partial charge in [-0.05, 0) is 52.3 Å². The summed E-state index contributed by atoms with van der Waals surface area (Å²) in [4.78, 5) is 12.0. The van der Waals surface area contributed by atoms with Gasteiger partial charge in [-0.2, -0.15) is 0 Å². The molecule has 2 rings (SSSR count). The van der Waals surface area contributed by atoms with E-state index in [1.165, 1.54) is 36.4 Å². The van der Waals surface area contributed by atoms with Gasteiger partial charge in [-0.3, -0.25) is 4.79 Å². The number of allylic oxidation sites excluding steroid dienone is 1. The smallest absolute Gasteiger partial charge is 0.189 e. The van der Waals surface area contributed by atoms with Crippen LogP contribution in [0.15, 0.2) is 46.9 Å². The number of phenols is 1. The normalized spacial score (nSPS) is 10.9. The molecular weight excluding hydrogens is 347 g/mol. The lowest BCUT2D eigenvalue weighted by Crippen LogP contribution is -1.95. The first-order valence-electron chi connectivity index (χ1n) is 5.64. The van der Waals surface area contributed by atoms with Crippen LogP contribution < -0.4 is 0 Å². The molecule has 0 aliphatic carbocycles. The Bertz CT molecular complexity index is 698. The van der Waals surface area contributed by atoms with Crippen LogP contribution in [-0.4, -0.2) is 10.9 Å². The Morgan fingerprint density at radius 3 is 2.75 bits per heavy atom. The fourth-order valence-electron chi connectivity index (χ4n) is 1.61. The zero-order chi connectivity index (χ0) is 14.7. The third-order valence-electron chi connectivity index (χ3n) is 2.63. The molecule has 20 heavy (non-hydrogen) atoms. The SMILES string of the molecule is O=C(/C=C/c1ccc(Cl)cc1F)c1cccc(Br)c1O. The maximum absolute atomic E-state index is 13.5. The van der Waals surface area contributed by atoms with E-state index in [0.29, 0.717) is 4.47 Å². The number of ketones is 1. The highest BCUT2D eigenvalue weighted by Crippen LogP contribution is 2.28. The Balaban J connectivity index is 2.27. The zero-order valence-electron chi connectivity index (χ0n) is 10.1. The predicted molar refractivity (Wildman–Crippen MR) is 80.6 cm³/mol. The summed E-state index contributed by atoms with van der Waals surface area (Å²) in [5, 5.41) is 10.1. The van der Waals surface area contributed by atoms with Crippen molar-refractivity contribution in [2.45, 2.75) is 0 Å². The summed E-state index contributed by atoms with van der Waals surface area (Å²) in [6, 6.07) is 8.92. The summed E-state index contributed by atoms with van der Waals surface area (Å²) in [7, 11) is 0. The molecule has 0 heterocycles. The summed E-state index contributed by atoms with van der Waals surface area (Å²) in [5.74, 6) is -1.07. The summed E-state index contributed by atoms with van der Waals surface area (Å²) >= 11 is 8.77. The summed E-state index contributed by atoms with van der Waals surface area (Å²) in [5.41, 5.74) is 0.391. The van der Waals surface area contributed by atoms with Gasteiger partial charge in [-0.1, -0.05) is 23.7 Å². The first-order chi connectivity index (χ1) is 9.49. The Kier molecular flexibility index (Phi) is 4.57. The van der Waals surface area contributed by atoms with Gasteiger partial charge in [0.15, 0.2) is 5.78 Å². The molecule has 0 radical (unpaired) electrons. The Labute approximate surface area is 128 Å². The molecule has 2 nitrogen and oxygen atoms in total. The Morgan fingerprint density at radius 1 is 1.30 bits per heavy atom. The lowest BCUT2D eigenvalue weighted by molar-refractivity contribution is 0.104. The number of hydrogen-bond acceptors (Lipinski definition) is 2. The quantitative estimate of drug-likeness (QED) is 0.631. The van der Waals surface area contributed by atoms with E-state index in [2.05, 4.69) is 15.9 Å². The molecule has 0 bridgehead atoms. The molecule has 0 aliphatic heterocycles. The second kappa shape index (κ2) is 6.20. The second-order valence-electron chi connectivity index (χ2n) is 4.00. The summed E-state index contributed by atoms with van der Waals surface area (Å²) in [6.45, 7) is 0. The summed E-state index contributed by atoms with van der Waals surface area (Å²) < 4.78 is 14.0. The second-order valence-corrected chi connectivity index (χ2v) is 5.29. The van der Waals surface area contributed by atoms with Crippen molar-refractivity contribution < 1.29 is 14.3 Å². The van der Waals surface area contributed by atoms with Crippen LogP contribution in [0.4, 0.5) is 4.39 Å². The van der Waals surface area contributed by atoms with Crippen LogP contribution in [0, 0.1) is 5.82 Å². The first-order valence-corrected chi connectivity index (χ1v) is 6.81. The molecule has 0 saturated carbocycles. The van der Waals surface area contributed by atoms with Gasteiger partial charge in [0.25, 0.3) is 0 Å². The molecule has 0 saturated heterocycles. The van der Waals surface area contributed by atoms with Crippen molar-refractivity contribution in [3.05, 3.63) is 68.9 Å². The number of carbonyl (C=O) groups excluding carboxylic acids is 1. The van der Waals surface area contributed by atoms with Crippen LogP contribution >= 0.6 is 27.5 Å². The number of para-hydroxylation sites is 1. The maximum atomic E-state index is 13.5.